The summed E-state index contributed by atoms with van der Waals surface area (Å²) in [4.78, 5) is 12.0. The van der Waals surface area contributed by atoms with E-state index in [2.05, 4.69) is 17.6 Å². The van der Waals surface area contributed by atoms with E-state index in [-0.39, 0.29) is 5.91 Å². The number of para-hydroxylation sites is 2. The zero-order chi connectivity index (χ0) is 14.2. The molecule has 110 valence electrons. The molecule has 1 saturated carbocycles. The fraction of sp³-hybridized carbons (Fsp3) is 0.562. The van der Waals surface area contributed by atoms with E-state index in [9.17, 15) is 4.79 Å². The van der Waals surface area contributed by atoms with Crippen molar-refractivity contribution in [2.45, 2.75) is 45.1 Å². The Labute approximate surface area is 120 Å². The SMILES string of the molecule is CCCOc1ccccc1NC(=O)CNC1CCCC1. The van der Waals surface area contributed by atoms with E-state index in [4.69, 9.17) is 4.74 Å². The molecule has 0 heterocycles. The highest BCUT2D eigenvalue weighted by molar-refractivity contribution is 5.93. The first-order valence-corrected chi connectivity index (χ1v) is 7.54. The van der Waals surface area contributed by atoms with Gasteiger partial charge < -0.3 is 15.4 Å². The summed E-state index contributed by atoms with van der Waals surface area (Å²) in [7, 11) is 0. The topological polar surface area (TPSA) is 50.4 Å². The molecule has 4 heteroatoms. The number of ether oxygens (including phenoxy) is 1. The Morgan fingerprint density at radius 2 is 2.05 bits per heavy atom. The monoisotopic (exact) mass is 276 g/mol. The van der Waals surface area contributed by atoms with Gasteiger partial charge in [-0.1, -0.05) is 31.9 Å². The maximum Gasteiger partial charge on any atom is 0.238 e. The van der Waals surface area contributed by atoms with E-state index < -0.39 is 0 Å². The van der Waals surface area contributed by atoms with Crippen LogP contribution in [-0.4, -0.2) is 25.1 Å². The van der Waals surface area contributed by atoms with Crippen molar-refractivity contribution in [3.05, 3.63) is 24.3 Å². The number of nitrogens with one attached hydrogen (secondary N) is 2. The Morgan fingerprint density at radius 1 is 1.30 bits per heavy atom. The fourth-order valence-corrected chi connectivity index (χ4v) is 2.47. The third kappa shape index (κ3) is 4.53. The van der Waals surface area contributed by atoms with E-state index in [1.807, 2.05) is 24.3 Å². The van der Waals surface area contributed by atoms with Crippen LogP contribution in [0.5, 0.6) is 5.75 Å². The van der Waals surface area contributed by atoms with Gasteiger partial charge in [-0.3, -0.25) is 4.79 Å². The average molecular weight is 276 g/mol. The highest BCUT2D eigenvalue weighted by atomic mass is 16.5. The Balaban J connectivity index is 1.83. The number of anilines is 1. The third-order valence-electron chi connectivity index (χ3n) is 3.53. The Kier molecular flexibility index (Phi) is 5.87. The summed E-state index contributed by atoms with van der Waals surface area (Å²) in [5.74, 6) is 0.730. The molecule has 2 rings (SSSR count). The molecule has 0 radical (unpaired) electrons. The molecule has 1 aromatic rings. The van der Waals surface area contributed by atoms with Gasteiger partial charge in [0.05, 0.1) is 18.8 Å². The number of benzene rings is 1. The van der Waals surface area contributed by atoms with E-state index in [1.54, 1.807) is 0 Å². The van der Waals surface area contributed by atoms with Crippen LogP contribution in [0.25, 0.3) is 0 Å². The first kappa shape index (κ1) is 14.9. The van der Waals surface area contributed by atoms with Crippen molar-refractivity contribution in [2.24, 2.45) is 0 Å². The molecule has 1 aliphatic carbocycles. The maximum absolute atomic E-state index is 12.0. The van der Waals surface area contributed by atoms with Gasteiger partial charge in [0.1, 0.15) is 5.75 Å². The van der Waals surface area contributed by atoms with Gasteiger partial charge >= 0.3 is 0 Å². The average Bonchev–Trinajstić information content (AvgIpc) is 2.97. The lowest BCUT2D eigenvalue weighted by Gasteiger charge is -2.14. The van der Waals surface area contributed by atoms with Crippen LogP contribution in [0, 0.1) is 0 Å². The number of hydrogen-bond donors (Lipinski definition) is 2. The van der Waals surface area contributed by atoms with Crippen LogP contribution in [-0.2, 0) is 4.79 Å². The summed E-state index contributed by atoms with van der Waals surface area (Å²) < 4.78 is 5.63. The van der Waals surface area contributed by atoms with Crippen LogP contribution in [0.1, 0.15) is 39.0 Å². The molecule has 1 fully saturated rings. The highest BCUT2D eigenvalue weighted by Crippen LogP contribution is 2.23. The van der Waals surface area contributed by atoms with Crippen LogP contribution >= 0.6 is 0 Å². The Morgan fingerprint density at radius 3 is 2.80 bits per heavy atom. The van der Waals surface area contributed by atoms with E-state index in [0.717, 1.165) is 17.9 Å². The van der Waals surface area contributed by atoms with Crippen molar-refractivity contribution in [1.82, 2.24) is 5.32 Å². The van der Waals surface area contributed by atoms with Gasteiger partial charge in [0.2, 0.25) is 5.91 Å². The second-order valence-electron chi connectivity index (χ2n) is 5.26. The minimum Gasteiger partial charge on any atom is -0.491 e. The van der Waals surface area contributed by atoms with E-state index >= 15 is 0 Å². The van der Waals surface area contributed by atoms with Crippen molar-refractivity contribution in [3.63, 3.8) is 0 Å². The second-order valence-corrected chi connectivity index (χ2v) is 5.26. The predicted octanol–water partition coefficient (Wildman–Crippen LogP) is 2.95. The summed E-state index contributed by atoms with van der Waals surface area (Å²) in [5.41, 5.74) is 0.749. The molecule has 0 aromatic heterocycles. The van der Waals surface area contributed by atoms with Crippen LogP contribution in [0.4, 0.5) is 5.69 Å². The minimum atomic E-state index is -0.00977. The van der Waals surface area contributed by atoms with Crippen molar-refractivity contribution < 1.29 is 9.53 Å². The van der Waals surface area contributed by atoms with Crippen molar-refractivity contribution in [1.29, 1.82) is 0 Å². The van der Waals surface area contributed by atoms with Crippen molar-refractivity contribution in [2.75, 3.05) is 18.5 Å². The third-order valence-corrected chi connectivity index (χ3v) is 3.53. The lowest BCUT2D eigenvalue weighted by molar-refractivity contribution is -0.115. The molecule has 0 bridgehead atoms. The summed E-state index contributed by atoms with van der Waals surface area (Å²) in [6.45, 7) is 3.09. The zero-order valence-electron chi connectivity index (χ0n) is 12.2. The van der Waals surface area contributed by atoms with Crippen molar-refractivity contribution in [3.8, 4) is 5.75 Å². The molecule has 0 atom stereocenters. The lowest BCUT2D eigenvalue weighted by atomic mass is 10.2. The molecule has 1 aliphatic rings. The van der Waals surface area contributed by atoms with Crippen LogP contribution in [0.3, 0.4) is 0 Å². The standard InChI is InChI=1S/C16H24N2O2/c1-2-11-20-15-10-6-5-9-14(15)18-16(19)12-17-13-7-3-4-8-13/h5-6,9-10,13,17H,2-4,7-8,11-12H2,1H3,(H,18,19). The lowest BCUT2D eigenvalue weighted by Crippen LogP contribution is -2.34. The molecule has 0 saturated heterocycles. The van der Waals surface area contributed by atoms with Gasteiger partial charge in [0.25, 0.3) is 0 Å². The highest BCUT2D eigenvalue weighted by Gasteiger charge is 2.15. The molecule has 0 aliphatic heterocycles. The van der Waals surface area contributed by atoms with Gasteiger partial charge in [-0.25, -0.2) is 0 Å². The first-order valence-electron chi connectivity index (χ1n) is 7.54. The molecule has 20 heavy (non-hydrogen) atoms. The zero-order valence-corrected chi connectivity index (χ0v) is 12.2. The van der Waals surface area contributed by atoms with Crippen LogP contribution in [0.15, 0.2) is 24.3 Å². The minimum absolute atomic E-state index is 0.00977. The number of carbonyl (C=O) groups excluding carboxylic acids is 1. The van der Waals surface area contributed by atoms with Gasteiger partial charge in [-0.2, -0.15) is 0 Å². The molecule has 0 unspecified atom stereocenters. The molecule has 1 aromatic carbocycles. The maximum atomic E-state index is 12.0. The molecular formula is C16H24N2O2. The van der Waals surface area contributed by atoms with Gasteiger partial charge in [-0.05, 0) is 31.4 Å². The van der Waals surface area contributed by atoms with Gasteiger partial charge in [0.15, 0.2) is 0 Å². The van der Waals surface area contributed by atoms with Gasteiger partial charge in [-0.15, -0.1) is 0 Å². The quantitative estimate of drug-likeness (QED) is 0.805. The molecular weight excluding hydrogens is 252 g/mol. The number of amides is 1. The largest absolute Gasteiger partial charge is 0.491 e. The smallest absolute Gasteiger partial charge is 0.238 e. The van der Waals surface area contributed by atoms with Gasteiger partial charge in [0, 0.05) is 6.04 Å². The Hall–Kier alpha value is -1.55. The van der Waals surface area contributed by atoms with Crippen LogP contribution < -0.4 is 15.4 Å². The normalized spacial score (nSPS) is 15.2. The number of carbonyl (C=O) groups is 1. The molecule has 1 amide bonds. The number of hydrogen-bond acceptors (Lipinski definition) is 3. The summed E-state index contributed by atoms with van der Waals surface area (Å²) in [5, 5.41) is 6.23. The second kappa shape index (κ2) is 7.90. The number of rotatable bonds is 7. The van der Waals surface area contributed by atoms with E-state index in [1.165, 1.54) is 25.7 Å². The first-order chi connectivity index (χ1) is 9.79. The fourth-order valence-electron chi connectivity index (χ4n) is 2.47. The van der Waals surface area contributed by atoms with E-state index in [0.29, 0.717) is 19.2 Å². The molecule has 4 nitrogen and oxygen atoms in total. The Bertz CT molecular complexity index is 428. The summed E-state index contributed by atoms with van der Waals surface area (Å²) in [6.07, 6.45) is 5.86. The summed E-state index contributed by atoms with van der Waals surface area (Å²) in [6, 6.07) is 8.08. The van der Waals surface area contributed by atoms with Crippen LogP contribution in [0.2, 0.25) is 0 Å². The van der Waals surface area contributed by atoms with Crippen molar-refractivity contribution >= 4 is 11.6 Å². The summed E-state index contributed by atoms with van der Waals surface area (Å²) >= 11 is 0. The molecule has 0 spiro atoms. The predicted molar refractivity (Wildman–Crippen MR) is 81.1 cm³/mol. The molecule has 2 N–H and O–H groups in total.